The highest BCUT2D eigenvalue weighted by Gasteiger charge is 2.36. The van der Waals surface area contributed by atoms with E-state index in [4.69, 9.17) is 10.5 Å². The lowest BCUT2D eigenvalue weighted by Gasteiger charge is -2.30. The Kier molecular flexibility index (Phi) is 4.14. The molecule has 22 heavy (non-hydrogen) atoms. The highest BCUT2D eigenvalue weighted by atomic mass is 19.2. The van der Waals surface area contributed by atoms with Gasteiger partial charge in [-0.2, -0.15) is 0 Å². The average molecular weight is 310 g/mol. The Bertz CT molecular complexity index is 615. The molecule has 2 aliphatic heterocycles. The predicted molar refractivity (Wildman–Crippen MR) is 77.4 cm³/mol. The van der Waals surface area contributed by atoms with E-state index in [1.165, 1.54) is 6.07 Å². The first-order valence-corrected chi connectivity index (χ1v) is 7.14. The number of halogens is 2. The zero-order valence-corrected chi connectivity index (χ0v) is 12.1. The van der Waals surface area contributed by atoms with Crippen LogP contribution in [-0.2, 0) is 4.74 Å². The van der Waals surface area contributed by atoms with Crippen molar-refractivity contribution >= 4 is 5.69 Å². The van der Waals surface area contributed by atoms with Crippen LogP contribution in [0.25, 0.3) is 0 Å². The maximum absolute atomic E-state index is 13.6. The van der Waals surface area contributed by atoms with Crippen molar-refractivity contribution < 1.29 is 13.5 Å². The zero-order chi connectivity index (χ0) is 15.6. The number of rotatable bonds is 4. The van der Waals surface area contributed by atoms with Crippen LogP contribution >= 0.6 is 0 Å². The van der Waals surface area contributed by atoms with Crippen molar-refractivity contribution in [1.82, 2.24) is 9.49 Å². The summed E-state index contributed by atoms with van der Waals surface area (Å²) in [7, 11) is 0. The lowest BCUT2D eigenvalue weighted by atomic mass is 10.2. The van der Waals surface area contributed by atoms with E-state index >= 15 is 0 Å². The van der Waals surface area contributed by atoms with Crippen molar-refractivity contribution in [3.8, 4) is 0 Å². The molecule has 2 N–H and O–H groups in total. The molecule has 8 heteroatoms. The molecule has 1 aromatic carbocycles. The minimum Gasteiger partial charge on any atom is -0.379 e. The quantitative estimate of drug-likeness (QED) is 0.862. The van der Waals surface area contributed by atoms with Crippen LogP contribution in [0.4, 0.5) is 14.5 Å². The van der Waals surface area contributed by atoms with Gasteiger partial charge < -0.3 is 10.5 Å². The van der Waals surface area contributed by atoms with Crippen LogP contribution in [0.1, 0.15) is 0 Å². The van der Waals surface area contributed by atoms with E-state index in [1.807, 2.05) is 0 Å². The van der Waals surface area contributed by atoms with Crippen molar-refractivity contribution in [3.05, 3.63) is 41.9 Å². The summed E-state index contributed by atoms with van der Waals surface area (Å²) in [6.45, 7) is 4.35. The highest BCUT2D eigenvalue weighted by molar-refractivity contribution is 5.46. The first-order valence-electron chi connectivity index (χ1n) is 7.14. The van der Waals surface area contributed by atoms with E-state index in [2.05, 4.69) is 15.2 Å². The number of hydrogen-bond acceptors (Lipinski definition) is 5. The van der Waals surface area contributed by atoms with Gasteiger partial charge in [0.2, 0.25) is 5.82 Å². The molecular formula is C14H18F2N5O+. The Labute approximate surface area is 127 Å². The van der Waals surface area contributed by atoms with Crippen LogP contribution in [0.5, 0.6) is 0 Å². The maximum atomic E-state index is 13.6. The third kappa shape index (κ3) is 2.99. The fourth-order valence-electron chi connectivity index (χ4n) is 2.61. The molecule has 118 valence electrons. The summed E-state index contributed by atoms with van der Waals surface area (Å²) < 4.78 is 32.0. The van der Waals surface area contributed by atoms with Gasteiger partial charge in [-0.15, -0.1) is 4.59 Å². The molecule has 1 unspecified atom stereocenters. The van der Waals surface area contributed by atoms with Gasteiger partial charge in [0.25, 0.3) is 0 Å². The smallest absolute Gasteiger partial charge is 0.208 e. The minimum atomic E-state index is -0.907. The molecular weight excluding hydrogens is 292 g/mol. The summed E-state index contributed by atoms with van der Waals surface area (Å²) in [6.07, 6.45) is 1.65. The number of nitrogens with two attached hydrogens (primary N) is 1. The standard InChI is InChI=1S/C14H18F2N5O/c15-12-2-1-11(9-13(12)16)21(10-14(17)18-19-21)6-3-20-4-7-22-8-5-20/h1-2,9-10H,3-8,17H2/q+1. The van der Waals surface area contributed by atoms with E-state index in [1.54, 1.807) is 6.20 Å². The van der Waals surface area contributed by atoms with Gasteiger partial charge in [-0.3, -0.25) is 4.90 Å². The molecule has 0 aromatic heterocycles. The van der Waals surface area contributed by atoms with Gasteiger partial charge in [0.05, 0.1) is 19.8 Å². The van der Waals surface area contributed by atoms with Crippen LogP contribution in [0.3, 0.4) is 0 Å². The second-order valence-electron chi connectivity index (χ2n) is 5.35. The van der Waals surface area contributed by atoms with Crippen LogP contribution in [0.15, 0.2) is 40.6 Å². The van der Waals surface area contributed by atoms with Crippen molar-refractivity contribution in [1.29, 1.82) is 0 Å². The first-order chi connectivity index (χ1) is 10.6. The van der Waals surface area contributed by atoms with Gasteiger partial charge in [-0.05, 0) is 6.07 Å². The number of quaternary nitrogens is 1. The summed E-state index contributed by atoms with van der Waals surface area (Å²) in [5.74, 6) is -1.52. The molecule has 0 aliphatic carbocycles. The molecule has 1 atom stereocenters. The van der Waals surface area contributed by atoms with Crippen LogP contribution in [-0.4, -0.2) is 44.3 Å². The van der Waals surface area contributed by atoms with Crippen molar-refractivity contribution in [2.75, 3.05) is 39.4 Å². The third-order valence-electron chi connectivity index (χ3n) is 3.88. The van der Waals surface area contributed by atoms with Gasteiger partial charge in [0.15, 0.2) is 23.5 Å². The summed E-state index contributed by atoms with van der Waals surface area (Å²) >= 11 is 0. The normalized spacial score (nSPS) is 25.5. The summed E-state index contributed by atoms with van der Waals surface area (Å²) in [5.41, 5.74) is 6.20. The molecule has 2 heterocycles. The molecule has 0 radical (unpaired) electrons. The molecule has 0 amide bonds. The van der Waals surface area contributed by atoms with Crippen molar-refractivity contribution in [2.45, 2.75) is 0 Å². The molecule has 3 rings (SSSR count). The zero-order valence-electron chi connectivity index (χ0n) is 12.1. The number of hydrogen-bond donors (Lipinski definition) is 1. The molecule has 2 aliphatic rings. The van der Waals surface area contributed by atoms with Gasteiger partial charge in [-0.25, -0.2) is 8.78 Å². The van der Waals surface area contributed by atoms with Crippen LogP contribution in [0, 0.1) is 11.6 Å². The van der Waals surface area contributed by atoms with Gasteiger partial charge in [-0.1, -0.05) is 5.11 Å². The van der Waals surface area contributed by atoms with Gasteiger partial charge >= 0.3 is 0 Å². The minimum absolute atomic E-state index is 0.0552. The molecule has 1 fully saturated rings. The van der Waals surface area contributed by atoms with E-state index in [0.717, 1.165) is 31.8 Å². The van der Waals surface area contributed by atoms with Crippen LogP contribution in [0.2, 0.25) is 0 Å². The lowest BCUT2D eigenvalue weighted by molar-refractivity contribution is 0.0354. The van der Waals surface area contributed by atoms with E-state index in [0.29, 0.717) is 25.4 Å². The fraction of sp³-hybridized carbons (Fsp3) is 0.429. The predicted octanol–water partition coefficient (Wildman–Crippen LogP) is 1.74. The fourth-order valence-corrected chi connectivity index (χ4v) is 2.61. The number of ether oxygens (including phenoxy) is 1. The van der Waals surface area contributed by atoms with Gasteiger partial charge in [0.1, 0.15) is 6.54 Å². The van der Waals surface area contributed by atoms with E-state index < -0.39 is 11.6 Å². The highest BCUT2D eigenvalue weighted by Crippen LogP contribution is 2.31. The molecule has 6 nitrogen and oxygen atoms in total. The monoisotopic (exact) mass is 310 g/mol. The number of nitrogens with zero attached hydrogens (tertiary/aromatic N) is 4. The maximum Gasteiger partial charge on any atom is 0.208 e. The molecule has 0 saturated carbocycles. The Hall–Kier alpha value is -1.90. The Morgan fingerprint density at radius 3 is 2.64 bits per heavy atom. The Morgan fingerprint density at radius 2 is 2.00 bits per heavy atom. The van der Waals surface area contributed by atoms with E-state index in [9.17, 15) is 8.78 Å². The van der Waals surface area contributed by atoms with E-state index in [-0.39, 0.29) is 10.4 Å². The summed E-state index contributed by atoms with van der Waals surface area (Å²) in [4.78, 5) is 2.24. The Balaban J connectivity index is 1.82. The van der Waals surface area contributed by atoms with Crippen LogP contribution < -0.4 is 10.3 Å². The molecule has 0 spiro atoms. The average Bonchev–Trinajstić information content (AvgIpc) is 2.92. The second kappa shape index (κ2) is 6.07. The third-order valence-corrected chi connectivity index (χ3v) is 3.88. The van der Waals surface area contributed by atoms with Gasteiger partial charge in [0, 0.05) is 30.4 Å². The number of benzene rings is 1. The molecule has 1 saturated heterocycles. The summed E-state index contributed by atoms with van der Waals surface area (Å²) in [6, 6.07) is 3.74. The topological polar surface area (TPSA) is 63.2 Å². The SMILES string of the molecule is NC1=C[N+](CCN2CCOCC2)(c2ccc(F)c(F)c2)N=N1. The largest absolute Gasteiger partial charge is 0.379 e. The second-order valence-corrected chi connectivity index (χ2v) is 5.35. The first kappa shape index (κ1) is 15.0. The van der Waals surface area contributed by atoms with Crippen molar-refractivity contribution in [2.24, 2.45) is 16.1 Å². The number of morpholine rings is 1. The Morgan fingerprint density at radius 1 is 1.23 bits per heavy atom. The summed E-state index contributed by atoms with van der Waals surface area (Å²) in [5, 5.41) is 8.03. The molecule has 0 bridgehead atoms. The molecule has 1 aromatic rings. The lowest BCUT2D eigenvalue weighted by Crippen LogP contribution is -2.46. The van der Waals surface area contributed by atoms with Crippen molar-refractivity contribution in [3.63, 3.8) is 0 Å².